The van der Waals surface area contributed by atoms with Gasteiger partial charge in [-0.15, -0.1) is 0 Å². The van der Waals surface area contributed by atoms with Crippen molar-refractivity contribution in [2.24, 2.45) is 5.92 Å². The van der Waals surface area contributed by atoms with Crippen molar-refractivity contribution in [3.8, 4) is 22.6 Å². The van der Waals surface area contributed by atoms with E-state index in [1.54, 1.807) is 0 Å². The second-order valence-electron chi connectivity index (χ2n) is 9.45. The Morgan fingerprint density at radius 2 is 1.76 bits per heavy atom. The molecule has 0 radical (unpaired) electrons. The van der Waals surface area contributed by atoms with Crippen molar-refractivity contribution in [3.63, 3.8) is 0 Å². The Bertz CT molecular complexity index is 1160. The fourth-order valence-corrected chi connectivity index (χ4v) is 5.36. The number of nitrogens with zero attached hydrogens (tertiary/aromatic N) is 1. The van der Waals surface area contributed by atoms with Gasteiger partial charge in [0.05, 0.1) is 0 Å². The van der Waals surface area contributed by atoms with Crippen LogP contribution in [0, 0.1) is 5.92 Å². The minimum absolute atomic E-state index is 0.308. The second kappa shape index (κ2) is 10.1. The third kappa shape index (κ3) is 4.90. The Kier molecular flexibility index (Phi) is 6.73. The highest BCUT2D eigenvalue weighted by Crippen LogP contribution is 2.42. The molecule has 176 valence electrons. The zero-order chi connectivity index (χ0) is 23.5. The molecule has 2 atom stereocenters. The van der Waals surface area contributed by atoms with Gasteiger partial charge < -0.3 is 19.7 Å². The summed E-state index contributed by atoms with van der Waals surface area (Å²) in [6.07, 6.45) is 3.21. The third-order valence-electron chi connectivity index (χ3n) is 7.13. The number of hydrogen-bond acceptors (Lipinski definition) is 3. The van der Waals surface area contributed by atoms with E-state index in [0.29, 0.717) is 18.6 Å². The van der Waals surface area contributed by atoms with Gasteiger partial charge in [-0.05, 0) is 83.3 Å². The van der Waals surface area contributed by atoms with Crippen LogP contribution in [-0.4, -0.2) is 36.9 Å². The van der Waals surface area contributed by atoms with Crippen molar-refractivity contribution in [1.29, 1.82) is 0 Å². The van der Waals surface area contributed by atoms with Crippen molar-refractivity contribution in [3.05, 3.63) is 83.4 Å². The van der Waals surface area contributed by atoms with Gasteiger partial charge in [0.15, 0.2) is 16.6 Å². The lowest BCUT2D eigenvalue weighted by atomic mass is 9.90. The molecule has 5 heteroatoms. The Morgan fingerprint density at radius 1 is 1.00 bits per heavy atom. The van der Waals surface area contributed by atoms with Crippen LogP contribution in [0.2, 0.25) is 0 Å². The van der Waals surface area contributed by atoms with E-state index in [4.69, 9.17) is 21.7 Å². The number of thiocarbonyl (C=S) groups is 1. The first-order valence-electron chi connectivity index (χ1n) is 12.1. The maximum Gasteiger partial charge on any atom is 0.231 e. The smallest absolute Gasteiger partial charge is 0.231 e. The molecule has 0 bridgehead atoms. The molecule has 0 spiro atoms. The molecule has 1 heterocycles. The molecular formula is C29H32N2O2S. The van der Waals surface area contributed by atoms with Crippen LogP contribution in [0.5, 0.6) is 11.5 Å². The summed E-state index contributed by atoms with van der Waals surface area (Å²) in [4.78, 5) is 2.19. The largest absolute Gasteiger partial charge is 0.454 e. The van der Waals surface area contributed by atoms with Gasteiger partial charge in [0.2, 0.25) is 6.79 Å². The minimum Gasteiger partial charge on any atom is -0.454 e. The van der Waals surface area contributed by atoms with E-state index in [1.807, 2.05) is 6.07 Å². The number of fused-ring (bicyclic) bond motifs is 2. The number of hydrogen-bond donors (Lipinski definition) is 1. The quantitative estimate of drug-likeness (QED) is 0.440. The molecule has 0 fully saturated rings. The van der Waals surface area contributed by atoms with E-state index in [9.17, 15) is 0 Å². The van der Waals surface area contributed by atoms with Crippen molar-refractivity contribution < 1.29 is 9.47 Å². The Morgan fingerprint density at radius 3 is 2.62 bits per heavy atom. The third-order valence-corrected chi connectivity index (χ3v) is 7.59. The van der Waals surface area contributed by atoms with E-state index in [-0.39, 0.29) is 0 Å². The van der Waals surface area contributed by atoms with E-state index >= 15 is 0 Å². The molecule has 0 saturated carbocycles. The average Bonchev–Trinajstić information content (AvgIpc) is 3.45. The average molecular weight is 473 g/mol. The maximum absolute atomic E-state index is 5.64. The predicted octanol–water partition coefficient (Wildman–Crippen LogP) is 5.80. The van der Waals surface area contributed by atoms with Crippen molar-refractivity contribution in [2.75, 3.05) is 26.9 Å². The lowest BCUT2D eigenvalue weighted by Crippen LogP contribution is -2.39. The topological polar surface area (TPSA) is 33.7 Å². The molecule has 2 aliphatic rings. The van der Waals surface area contributed by atoms with E-state index in [0.717, 1.165) is 49.0 Å². The SMILES string of the molecule is CC1Cc2cc(-c3ccc4c(c3)OCO4)ccc2C1CCN(C)C(=S)NCCc1ccccc1. The van der Waals surface area contributed by atoms with Crippen molar-refractivity contribution in [2.45, 2.75) is 32.1 Å². The fourth-order valence-electron chi connectivity index (χ4n) is 5.16. The zero-order valence-corrected chi connectivity index (χ0v) is 20.7. The molecule has 2 unspecified atom stereocenters. The summed E-state index contributed by atoms with van der Waals surface area (Å²) in [5, 5.41) is 4.25. The van der Waals surface area contributed by atoms with Gasteiger partial charge >= 0.3 is 0 Å². The fraction of sp³-hybridized carbons (Fsp3) is 0.345. The van der Waals surface area contributed by atoms with Gasteiger partial charge in [0, 0.05) is 20.1 Å². The van der Waals surface area contributed by atoms with Crippen LogP contribution in [-0.2, 0) is 12.8 Å². The summed E-state index contributed by atoms with van der Waals surface area (Å²) in [6, 6.07) is 23.7. The van der Waals surface area contributed by atoms with Crippen molar-refractivity contribution in [1.82, 2.24) is 10.2 Å². The second-order valence-corrected chi connectivity index (χ2v) is 9.83. The van der Waals surface area contributed by atoms with E-state index in [2.05, 4.69) is 84.9 Å². The number of nitrogens with one attached hydrogen (secondary N) is 1. The first kappa shape index (κ1) is 22.7. The zero-order valence-electron chi connectivity index (χ0n) is 19.9. The lowest BCUT2D eigenvalue weighted by Gasteiger charge is -2.24. The number of rotatable bonds is 7. The summed E-state index contributed by atoms with van der Waals surface area (Å²) >= 11 is 5.64. The van der Waals surface area contributed by atoms with Gasteiger partial charge in [0.1, 0.15) is 0 Å². The molecule has 1 aliphatic carbocycles. The molecule has 5 rings (SSSR count). The van der Waals surface area contributed by atoms with Gasteiger partial charge in [-0.2, -0.15) is 0 Å². The summed E-state index contributed by atoms with van der Waals surface area (Å²) in [5.74, 6) is 2.86. The normalized spacial score (nSPS) is 17.9. The maximum atomic E-state index is 5.64. The van der Waals surface area contributed by atoms with E-state index in [1.165, 1.54) is 27.8 Å². The van der Waals surface area contributed by atoms with E-state index < -0.39 is 0 Å². The minimum atomic E-state index is 0.308. The van der Waals surface area contributed by atoms with Crippen LogP contribution in [0.1, 0.15) is 36.0 Å². The Balaban J connectivity index is 1.17. The van der Waals surface area contributed by atoms with Gasteiger partial charge in [0.25, 0.3) is 0 Å². The molecule has 0 saturated heterocycles. The lowest BCUT2D eigenvalue weighted by molar-refractivity contribution is 0.174. The molecule has 34 heavy (non-hydrogen) atoms. The molecule has 1 aliphatic heterocycles. The van der Waals surface area contributed by atoms with Crippen LogP contribution in [0.15, 0.2) is 66.7 Å². The molecule has 3 aromatic rings. The monoisotopic (exact) mass is 472 g/mol. The highest BCUT2D eigenvalue weighted by atomic mass is 32.1. The highest BCUT2D eigenvalue weighted by molar-refractivity contribution is 7.80. The van der Waals surface area contributed by atoms with Crippen LogP contribution >= 0.6 is 12.2 Å². The summed E-state index contributed by atoms with van der Waals surface area (Å²) in [5.41, 5.74) is 6.71. The van der Waals surface area contributed by atoms with Crippen LogP contribution < -0.4 is 14.8 Å². The first-order chi connectivity index (χ1) is 16.6. The molecular weight excluding hydrogens is 440 g/mol. The molecule has 1 N–H and O–H groups in total. The molecule has 3 aromatic carbocycles. The molecule has 0 amide bonds. The van der Waals surface area contributed by atoms with Crippen molar-refractivity contribution >= 4 is 17.3 Å². The van der Waals surface area contributed by atoms with Gasteiger partial charge in [-0.3, -0.25) is 0 Å². The Labute approximate surface area is 207 Å². The first-order valence-corrected chi connectivity index (χ1v) is 12.5. The molecule has 4 nitrogen and oxygen atoms in total. The standard InChI is InChI=1S/C29H32N2O2S/c1-20-16-24-17-22(23-9-11-27-28(18-23)33-19-32-27)8-10-26(24)25(20)13-15-31(2)29(34)30-14-12-21-6-4-3-5-7-21/h3-11,17-18,20,25H,12-16,19H2,1-2H3,(H,30,34). The predicted molar refractivity (Wildman–Crippen MR) is 142 cm³/mol. The summed E-state index contributed by atoms with van der Waals surface area (Å²) in [7, 11) is 2.10. The van der Waals surface area contributed by atoms with Crippen LogP contribution in [0.4, 0.5) is 0 Å². The highest BCUT2D eigenvalue weighted by Gasteiger charge is 2.29. The summed E-state index contributed by atoms with van der Waals surface area (Å²) in [6.45, 7) is 4.50. The number of ether oxygens (including phenoxy) is 2. The summed E-state index contributed by atoms with van der Waals surface area (Å²) < 4.78 is 11.0. The Hall–Kier alpha value is -3.05. The van der Waals surface area contributed by atoms with Gasteiger partial charge in [-0.25, -0.2) is 0 Å². The van der Waals surface area contributed by atoms with Crippen LogP contribution in [0.3, 0.4) is 0 Å². The van der Waals surface area contributed by atoms with Crippen LogP contribution in [0.25, 0.3) is 11.1 Å². The number of benzene rings is 3. The van der Waals surface area contributed by atoms with Gasteiger partial charge in [-0.1, -0.05) is 61.5 Å². The molecule has 0 aromatic heterocycles.